The van der Waals surface area contributed by atoms with Crippen LogP contribution in [0.3, 0.4) is 0 Å². The molecule has 0 aliphatic heterocycles. The largest absolute Gasteiger partial charge is 0.255 e. The summed E-state index contributed by atoms with van der Waals surface area (Å²) < 4.78 is 24.6. The molecule has 0 fully saturated rings. The molecule has 0 radical (unpaired) electrons. The van der Waals surface area contributed by atoms with E-state index in [2.05, 4.69) is 0 Å². The fourth-order valence-corrected chi connectivity index (χ4v) is 2.21. The molecule has 0 amide bonds. The van der Waals surface area contributed by atoms with Crippen LogP contribution in [-0.4, -0.2) is 10.5 Å². The predicted molar refractivity (Wildman–Crippen MR) is 68.9 cm³/mol. The van der Waals surface area contributed by atoms with Gasteiger partial charge in [-0.1, -0.05) is 18.2 Å². The molecule has 0 spiro atoms. The molecule has 0 bridgehead atoms. The van der Waals surface area contributed by atoms with Crippen LogP contribution in [0.2, 0.25) is 0 Å². The first-order chi connectivity index (χ1) is 8.61. The second-order valence-corrected chi connectivity index (χ2v) is 5.17. The Morgan fingerprint density at radius 2 is 1.89 bits per heavy atom. The van der Waals surface area contributed by atoms with Crippen molar-refractivity contribution in [2.75, 3.05) is 6.26 Å². The van der Waals surface area contributed by atoms with Crippen LogP contribution < -0.4 is 0 Å². The fraction of sp³-hybridized carbons (Fsp3) is 0.0714. The van der Waals surface area contributed by atoms with Crippen molar-refractivity contribution in [3.63, 3.8) is 0 Å². The molecule has 1 atom stereocenters. The maximum atomic E-state index is 13.2. The van der Waals surface area contributed by atoms with E-state index in [4.69, 9.17) is 5.26 Å². The summed E-state index contributed by atoms with van der Waals surface area (Å²) in [7, 11) is -1.06. The van der Waals surface area contributed by atoms with Crippen LogP contribution in [-0.2, 0) is 10.8 Å². The molecule has 0 N–H and O–H groups in total. The van der Waals surface area contributed by atoms with Crippen molar-refractivity contribution >= 4 is 10.8 Å². The molecule has 18 heavy (non-hydrogen) atoms. The monoisotopic (exact) mass is 259 g/mol. The highest BCUT2D eigenvalue weighted by Crippen LogP contribution is 2.23. The highest BCUT2D eigenvalue weighted by molar-refractivity contribution is 7.84. The minimum Gasteiger partial charge on any atom is -0.255 e. The van der Waals surface area contributed by atoms with Crippen molar-refractivity contribution in [2.24, 2.45) is 0 Å². The average Bonchev–Trinajstić information content (AvgIpc) is 2.39. The summed E-state index contributed by atoms with van der Waals surface area (Å²) >= 11 is 0. The average molecular weight is 259 g/mol. The zero-order valence-electron chi connectivity index (χ0n) is 9.68. The summed E-state index contributed by atoms with van der Waals surface area (Å²) in [6.45, 7) is 0. The third-order valence-corrected chi connectivity index (χ3v) is 3.50. The smallest absolute Gasteiger partial charge is 0.140 e. The molecule has 0 aliphatic carbocycles. The zero-order valence-corrected chi connectivity index (χ0v) is 10.5. The lowest BCUT2D eigenvalue weighted by Gasteiger charge is -2.04. The van der Waals surface area contributed by atoms with E-state index >= 15 is 0 Å². The van der Waals surface area contributed by atoms with Crippen molar-refractivity contribution in [3.05, 3.63) is 53.8 Å². The van der Waals surface area contributed by atoms with Gasteiger partial charge < -0.3 is 0 Å². The summed E-state index contributed by atoms with van der Waals surface area (Å²) in [5.41, 5.74) is 1.56. The third kappa shape index (κ3) is 2.47. The molecule has 1 unspecified atom stereocenters. The van der Waals surface area contributed by atoms with Crippen LogP contribution in [0.25, 0.3) is 11.1 Å². The first-order valence-corrected chi connectivity index (χ1v) is 6.81. The van der Waals surface area contributed by atoms with Crippen LogP contribution >= 0.6 is 0 Å². The van der Waals surface area contributed by atoms with Gasteiger partial charge >= 0.3 is 0 Å². The van der Waals surface area contributed by atoms with Gasteiger partial charge in [0, 0.05) is 22.0 Å². The van der Waals surface area contributed by atoms with Gasteiger partial charge in [-0.2, -0.15) is 5.26 Å². The number of benzene rings is 2. The summed E-state index contributed by atoms with van der Waals surface area (Å²) in [6, 6.07) is 13.4. The lowest BCUT2D eigenvalue weighted by molar-refractivity contribution is 0.624. The molecule has 0 saturated heterocycles. The van der Waals surface area contributed by atoms with Crippen molar-refractivity contribution < 1.29 is 8.60 Å². The van der Waals surface area contributed by atoms with Gasteiger partial charge in [-0.05, 0) is 35.4 Å². The second kappa shape index (κ2) is 5.11. The topological polar surface area (TPSA) is 40.9 Å². The Morgan fingerprint density at radius 1 is 1.17 bits per heavy atom. The Balaban J connectivity index is 2.52. The highest BCUT2D eigenvalue weighted by Gasteiger charge is 2.06. The van der Waals surface area contributed by atoms with E-state index in [1.54, 1.807) is 30.5 Å². The normalized spacial score (nSPS) is 11.8. The van der Waals surface area contributed by atoms with Gasteiger partial charge in [0.05, 0.1) is 5.56 Å². The minimum atomic E-state index is -1.06. The molecule has 2 rings (SSSR count). The number of rotatable bonds is 2. The molecule has 2 aromatic rings. The zero-order chi connectivity index (χ0) is 13.1. The highest BCUT2D eigenvalue weighted by atomic mass is 32.2. The SMILES string of the molecule is CS(=O)c1cccc(-c2ccc(F)c(C#N)c2)c1. The van der Waals surface area contributed by atoms with Gasteiger partial charge in [0.25, 0.3) is 0 Å². The van der Waals surface area contributed by atoms with Crippen LogP contribution in [0, 0.1) is 17.1 Å². The molecule has 0 aliphatic rings. The lowest BCUT2D eigenvalue weighted by Crippen LogP contribution is -1.89. The number of nitriles is 1. The Bertz CT molecular complexity index is 661. The van der Waals surface area contributed by atoms with Gasteiger partial charge in [-0.15, -0.1) is 0 Å². The Kier molecular flexibility index (Phi) is 3.54. The minimum absolute atomic E-state index is 0.00974. The van der Waals surface area contributed by atoms with Gasteiger partial charge in [0.15, 0.2) is 0 Å². The van der Waals surface area contributed by atoms with Crippen molar-refractivity contribution in [1.82, 2.24) is 0 Å². The fourth-order valence-electron chi connectivity index (χ4n) is 1.64. The summed E-state index contributed by atoms with van der Waals surface area (Å²) in [6.07, 6.45) is 1.60. The molecule has 2 nitrogen and oxygen atoms in total. The lowest BCUT2D eigenvalue weighted by atomic mass is 10.0. The van der Waals surface area contributed by atoms with E-state index in [0.29, 0.717) is 4.90 Å². The number of hydrogen-bond acceptors (Lipinski definition) is 2. The van der Waals surface area contributed by atoms with E-state index in [0.717, 1.165) is 11.1 Å². The second-order valence-electron chi connectivity index (χ2n) is 3.79. The first kappa shape index (κ1) is 12.5. The number of nitrogens with zero attached hydrogens (tertiary/aromatic N) is 1. The maximum Gasteiger partial charge on any atom is 0.140 e. The standard InChI is InChI=1S/C14H10FNOS/c1-18(17)13-4-2-3-10(8-13)11-5-6-14(15)12(7-11)9-16/h2-8H,1H3. The van der Waals surface area contributed by atoms with Gasteiger partial charge in [0.2, 0.25) is 0 Å². The summed E-state index contributed by atoms with van der Waals surface area (Å²) in [5, 5.41) is 8.79. The van der Waals surface area contributed by atoms with Gasteiger partial charge in [-0.25, -0.2) is 4.39 Å². The van der Waals surface area contributed by atoms with Crippen LogP contribution in [0.1, 0.15) is 5.56 Å². The first-order valence-electron chi connectivity index (χ1n) is 5.25. The Hall–Kier alpha value is -1.99. The molecular weight excluding hydrogens is 249 g/mol. The molecule has 0 heterocycles. The third-order valence-electron chi connectivity index (χ3n) is 2.59. The van der Waals surface area contributed by atoms with E-state index < -0.39 is 16.6 Å². The summed E-state index contributed by atoms with van der Waals surface area (Å²) in [5.74, 6) is -0.531. The van der Waals surface area contributed by atoms with Crippen molar-refractivity contribution in [2.45, 2.75) is 4.90 Å². The van der Waals surface area contributed by atoms with Gasteiger partial charge in [0.1, 0.15) is 11.9 Å². The molecular formula is C14H10FNOS. The number of hydrogen-bond donors (Lipinski definition) is 0. The molecule has 90 valence electrons. The van der Waals surface area contributed by atoms with Crippen LogP contribution in [0.4, 0.5) is 4.39 Å². The quantitative estimate of drug-likeness (QED) is 0.831. The van der Waals surface area contributed by atoms with Crippen LogP contribution in [0.15, 0.2) is 47.4 Å². The number of halogens is 1. The van der Waals surface area contributed by atoms with Crippen molar-refractivity contribution in [1.29, 1.82) is 5.26 Å². The van der Waals surface area contributed by atoms with Crippen LogP contribution in [0.5, 0.6) is 0 Å². The Labute approximate surface area is 107 Å². The van der Waals surface area contributed by atoms with Gasteiger partial charge in [-0.3, -0.25) is 4.21 Å². The van der Waals surface area contributed by atoms with E-state index in [1.165, 1.54) is 12.1 Å². The van der Waals surface area contributed by atoms with E-state index in [-0.39, 0.29) is 5.56 Å². The molecule has 4 heteroatoms. The van der Waals surface area contributed by atoms with Crippen molar-refractivity contribution in [3.8, 4) is 17.2 Å². The predicted octanol–water partition coefficient (Wildman–Crippen LogP) is 3.10. The maximum absolute atomic E-state index is 13.2. The molecule has 2 aromatic carbocycles. The Morgan fingerprint density at radius 3 is 2.56 bits per heavy atom. The van der Waals surface area contributed by atoms with E-state index in [1.807, 2.05) is 12.1 Å². The van der Waals surface area contributed by atoms with E-state index in [9.17, 15) is 8.60 Å². The molecule has 0 saturated carbocycles. The summed E-state index contributed by atoms with van der Waals surface area (Å²) in [4.78, 5) is 0.704. The molecule has 0 aromatic heterocycles.